The Morgan fingerprint density at radius 2 is 1.83 bits per heavy atom. The zero-order valence-corrected chi connectivity index (χ0v) is 13.7. The minimum absolute atomic E-state index is 0.0740. The number of hydrogen-bond acceptors (Lipinski definition) is 6. The largest absolute Gasteiger partial charge is 0.373 e. The van der Waals surface area contributed by atoms with Gasteiger partial charge < -0.3 is 29.2 Å². The Hall–Kier alpha value is -1.44. The van der Waals surface area contributed by atoms with Gasteiger partial charge in [0.05, 0.1) is 6.54 Å². The summed E-state index contributed by atoms with van der Waals surface area (Å²) in [6, 6.07) is 0. The van der Waals surface area contributed by atoms with E-state index in [0.717, 1.165) is 12.0 Å². The molecule has 3 heterocycles. The topological polar surface area (TPSA) is 79.3 Å². The van der Waals surface area contributed by atoms with E-state index in [0.29, 0.717) is 26.1 Å². The Bertz CT molecular complexity index is 539. The minimum Gasteiger partial charge on any atom is -0.373 e. The van der Waals surface area contributed by atoms with Gasteiger partial charge in [-0.05, 0) is 6.92 Å². The van der Waals surface area contributed by atoms with Gasteiger partial charge in [-0.2, -0.15) is 0 Å². The van der Waals surface area contributed by atoms with Crippen molar-refractivity contribution in [1.82, 2.24) is 9.80 Å². The molecule has 3 rings (SSSR count). The molecule has 0 aromatic carbocycles. The van der Waals surface area contributed by atoms with Crippen molar-refractivity contribution < 1.29 is 24.2 Å². The molecule has 0 radical (unpaired) electrons. The predicted octanol–water partition coefficient (Wildman–Crippen LogP) is -0.112. The maximum absolute atomic E-state index is 11.8. The Morgan fingerprint density at radius 1 is 1.17 bits per heavy atom. The second kappa shape index (κ2) is 5.58. The van der Waals surface area contributed by atoms with Gasteiger partial charge in [0.25, 0.3) is 0 Å². The van der Waals surface area contributed by atoms with Crippen molar-refractivity contribution in [3.05, 3.63) is 12.3 Å². The summed E-state index contributed by atoms with van der Waals surface area (Å²) in [5, 5.41) is 10.8. The molecule has 3 aliphatic rings. The van der Waals surface area contributed by atoms with E-state index in [9.17, 15) is 14.7 Å². The number of carbonyl (C=O) groups excluding carboxylic acids is 2. The fourth-order valence-electron chi connectivity index (χ4n) is 3.65. The summed E-state index contributed by atoms with van der Waals surface area (Å²) in [6.45, 7) is 9.07. The van der Waals surface area contributed by atoms with Crippen molar-refractivity contribution in [3.8, 4) is 0 Å². The molecule has 0 spiro atoms. The van der Waals surface area contributed by atoms with Crippen molar-refractivity contribution in [2.75, 3.05) is 26.2 Å². The lowest BCUT2D eigenvalue weighted by atomic mass is 9.85. The maximum atomic E-state index is 11.8. The summed E-state index contributed by atoms with van der Waals surface area (Å²) in [5.74, 6) is -1.53. The number of ether oxygens (including phenoxy) is 2. The number of fused-ring (bicyclic) bond motifs is 2. The zero-order valence-electron chi connectivity index (χ0n) is 13.7. The van der Waals surface area contributed by atoms with Crippen LogP contribution in [0.2, 0.25) is 0 Å². The van der Waals surface area contributed by atoms with Gasteiger partial charge in [0, 0.05) is 45.1 Å². The molecule has 3 aliphatic heterocycles. The molecule has 0 saturated carbocycles. The molecule has 3 fully saturated rings. The third-order valence-electron chi connectivity index (χ3n) is 5.23. The van der Waals surface area contributed by atoms with E-state index in [-0.39, 0.29) is 18.9 Å². The number of amides is 1. The van der Waals surface area contributed by atoms with Crippen LogP contribution in [0.5, 0.6) is 0 Å². The Balaban J connectivity index is 1.84. The average molecular weight is 324 g/mol. The molecule has 0 aliphatic carbocycles. The average Bonchev–Trinajstić information content (AvgIpc) is 2.51. The number of likely N-dealkylation sites (tertiary alicyclic amines) is 2. The van der Waals surface area contributed by atoms with Gasteiger partial charge in [-0.15, -0.1) is 0 Å². The standard InChI is InChI=1S/C16H24N2O5/c1-11(2)17-6-4-15(10-19)13(8-17)23-16(21)5-7-18(12(3)20)9-14(16)22-15/h10,13-14,21H,1,4-9H2,2-3H3/t13-,14-,15-,16+/m0/s1. The quantitative estimate of drug-likeness (QED) is 0.714. The van der Waals surface area contributed by atoms with E-state index in [2.05, 4.69) is 6.58 Å². The molecule has 0 bridgehead atoms. The minimum atomic E-state index is -1.46. The summed E-state index contributed by atoms with van der Waals surface area (Å²) in [7, 11) is 0. The van der Waals surface area contributed by atoms with Crippen molar-refractivity contribution in [2.24, 2.45) is 0 Å². The van der Waals surface area contributed by atoms with Crippen LogP contribution in [0.15, 0.2) is 12.3 Å². The summed E-state index contributed by atoms with van der Waals surface area (Å²) in [4.78, 5) is 27.0. The highest BCUT2D eigenvalue weighted by Crippen LogP contribution is 2.42. The lowest BCUT2D eigenvalue weighted by Crippen LogP contribution is -2.72. The molecule has 0 aromatic rings. The highest BCUT2D eigenvalue weighted by molar-refractivity contribution is 5.73. The number of piperidine rings is 2. The first-order chi connectivity index (χ1) is 10.8. The van der Waals surface area contributed by atoms with Gasteiger partial charge in [-0.3, -0.25) is 4.79 Å². The van der Waals surface area contributed by atoms with Crippen molar-refractivity contribution in [3.63, 3.8) is 0 Å². The number of aliphatic hydroxyl groups is 1. The monoisotopic (exact) mass is 324 g/mol. The van der Waals surface area contributed by atoms with Crippen LogP contribution in [0.3, 0.4) is 0 Å². The molecule has 3 saturated heterocycles. The second-order valence-electron chi connectivity index (χ2n) is 6.78. The van der Waals surface area contributed by atoms with Gasteiger partial charge in [-0.1, -0.05) is 6.58 Å². The van der Waals surface area contributed by atoms with Gasteiger partial charge in [0.1, 0.15) is 12.2 Å². The fourth-order valence-corrected chi connectivity index (χ4v) is 3.65. The molecule has 1 N–H and O–H groups in total. The second-order valence-corrected chi connectivity index (χ2v) is 6.78. The lowest BCUT2D eigenvalue weighted by Gasteiger charge is -2.57. The van der Waals surface area contributed by atoms with Crippen LogP contribution < -0.4 is 0 Å². The van der Waals surface area contributed by atoms with E-state index in [1.165, 1.54) is 6.92 Å². The number of allylic oxidation sites excluding steroid dienone is 1. The van der Waals surface area contributed by atoms with Crippen LogP contribution in [0.4, 0.5) is 0 Å². The molecule has 1 amide bonds. The molecule has 7 heteroatoms. The van der Waals surface area contributed by atoms with E-state index in [1.807, 2.05) is 11.8 Å². The van der Waals surface area contributed by atoms with Crippen molar-refractivity contribution in [1.29, 1.82) is 0 Å². The van der Waals surface area contributed by atoms with Gasteiger partial charge in [0.2, 0.25) is 5.91 Å². The Morgan fingerprint density at radius 3 is 2.43 bits per heavy atom. The van der Waals surface area contributed by atoms with Crippen molar-refractivity contribution >= 4 is 12.2 Å². The molecule has 7 nitrogen and oxygen atoms in total. The van der Waals surface area contributed by atoms with Crippen LogP contribution >= 0.6 is 0 Å². The zero-order chi connectivity index (χ0) is 16.8. The molecule has 4 atom stereocenters. The van der Waals surface area contributed by atoms with E-state index < -0.39 is 23.6 Å². The number of rotatable bonds is 2. The molecule has 128 valence electrons. The van der Waals surface area contributed by atoms with Crippen LogP contribution in [-0.2, 0) is 19.1 Å². The predicted molar refractivity (Wildman–Crippen MR) is 81.4 cm³/mol. The SMILES string of the molecule is C=C(C)N1CC[C@@]2(C=O)O[C@H]3CN(C(C)=O)CC[C@@]3(O)O[C@H]2C1. The van der Waals surface area contributed by atoms with Crippen molar-refractivity contribution in [2.45, 2.75) is 50.3 Å². The van der Waals surface area contributed by atoms with Gasteiger partial charge in [-0.25, -0.2) is 0 Å². The van der Waals surface area contributed by atoms with E-state index in [1.54, 1.807) is 4.90 Å². The highest BCUT2D eigenvalue weighted by atomic mass is 16.7. The van der Waals surface area contributed by atoms with E-state index in [4.69, 9.17) is 9.47 Å². The highest BCUT2D eigenvalue weighted by Gasteiger charge is 2.59. The smallest absolute Gasteiger partial charge is 0.219 e. The first-order valence-electron chi connectivity index (χ1n) is 8.00. The Kier molecular flexibility index (Phi) is 3.98. The van der Waals surface area contributed by atoms with Gasteiger partial charge in [0.15, 0.2) is 17.7 Å². The molecular formula is C16H24N2O5. The molecular weight excluding hydrogens is 300 g/mol. The van der Waals surface area contributed by atoms with Crippen LogP contribution in [0.25, 0.3) is 0 Å². The summed E-state index contributed by atoms with van der Waals surface area (Å²) < 4.78 is 12.0. The Labute approximate surface area is 135 Å². The third kappa shape index (κ3) is 2.66. The first-order valence-corrected chi connectivity index (χ1v) is 8.00. The molecule has 0 unspecified atom stereocenters. The number of carbonyl (C=O) groups is 2. The fraction of sp³-hybridized carbons (Fsp3) is 0.750. The number of hydrogen-bond donors (Lipinski definition) is 1. The summed E-state index contributed by atoms with van der Waals surface area (Å²) in [5.41, 5.74) is -0.170. The summed E-state index contributed by atoms with van der Waals surface area (Å²) >= 11 is 0. The lowest BCUT2D eigenvalue weighted by molar-refractivity contribution is -0.383. The number of nitrogens with zero attached hydrogens (tertiary/aromatic N) is 2. The van der Waals surface area contributed by atoms with Gasteiger partial charge >= 0.3 is 0 Å². The van der Waals surface area contributed by atoms with Crippen LogP contribution in [0.1, 0.15) is 26.7 Å². The maximum Gasteiger partial charge on any atom is 0.219 e. The third-order valence-corrected chi connectivity index (χ3v) is 5.23. The first kappa shape index (κ1) is 16.4. The summed E-state index contributed by atoms with van der Waals surface area (Å²) in [6.07, 6.45) is 0.282. The van der Waals surface area contributed by atoms with E-state index >= 15 is 0 Å². The normalized spacial score (nSPS) is 40.1. The number of aldehydes is 1. The molecule has 23 heavy (non-hydrogen) atoms. The van der Waals surface area contributed by atoms with Crippen LogP contribution in [-0.4, -0.2) is 76.9 Å². The van der Waals surface area contributed by atoms with Crippen LogP contribution in [0, 0.1) is 0 Å². The molecule has 0 aromatic heterocycles.